The summed E-state index contributed by atoms with van der Waals surface area (Å²) in [4.78, 5) is 6.56. The van der Waals surface area contributed by atoms with Gasteiger partial charge >= 0.3 is 0 Å². The van der Waals surface area contributed by atoms with Crippen LogP contribution in [-0.4, -0.2) is 44.4 Å². The highest BCUT2D eigenvalue weighted by Gasteiger charge is 2.34. The molecule has 3 aromatic rings. The number of nitrogens with zero attached hydrogens (tertiary/aromatic N) is 5. The molecule has 0 saturated carbocycles. The Labute approximate surface area is 133 Å². The molecule has 1 N–H and O–H groups in total. The molecule has 0 spiro atoms. The van der Waals surface area contributed by atoms with Crippen LogP contribution in [0.1, 0.15) is 18.0 Å². The minimum Gasteiger partial charge on any atom is -0.497 e. The zero-order valence-corrected chi connectivity index (χ0v) is 12.7. The Bertz CT molecular complexity index is 834. The topological polar surface area (TPSA) is 75.8 Å². The molecule has 118 valence electrons. The molecule has 1 saturated heterocycles. The lowest BCUT2D eigenvalue weighted by Gasteiger charge is -2.26. The minimum atomic E-state index is -0.406. The normalized spacial score (nSPS) is 21.0. The molecule has 3 heterocycles. The van der Waals surface area contributed by atoms with Crippen molar-refractivity contribution in [1.82, 2.24) is 19.6 Å². The summed E-state index contributed by atoms with van der Waals surface area (Å²) in [6.45, 7) is 0.515. The first-order valence-corrected chi connectivity index (χ1v) is 7.49. The molecule has 1 aliphatic heterocycles. The highest BCUT2D eigenvalue weighted by molar-refractivity contribution is 5.65. The highest BCUT2D eigenvalue weighted by atomic mass is 16.5. The number of β-amino-alcohol motifs (C(OH)–C–C–N with tert-alkyl or cyclic N) is 1. The van der Waals surface area contributed by atoms with Gasteiger partial charge in [0.2, 0.25) is 5.65 Å². The van der Waals surface area contributed by atoms with Crippen molar-refractivity contribution in [2.24, 2.45) is 0 Å². The van der Waals surface area contributed by atoms with E-state index in [0.717, 1.165) is 17.1 Å². The zero-order valence-electron chi connectivity index (χ0n) is 12.7. The van der Waals surface area contributed by atoms with Crippen LogP contribution < -0.4 is 9.64 Å². The SMILES string of the molecule is COc1cccc([C@H]2C[C@H](O)CN2c2nccn3cnnc23)c1. The quantitative estimate of drug-likeness (QED) is 0.789. The molecule has 0 aliphatic carbocycles. The summed E-state index contributed by atoms with van der Waals surface area (Å²) in [6, 6.07) is 7.94. The number of aliphatic hydroxyl groups is 1. The number of hydrogen-bond acceptors (Lipinski definition) is 6. The number of aromatic nitrogens is 4. The predicted molar refractivity (Wildman–Crippen MR) is 84.5 cm³/mol. The van der Waals surface area contributed by atoms with Crippen LogP contribution in [0.2, 0.25) is 0 Å². The summed E-state index contributed by atoms with van der Waals surface area (Å²) >= 11 is 0. The molecule has 23 heavy (non-hydrogen) atoms. The summed E-state index contributed by atoms with van der Waals surface area (Å²) in [5, 5.41) is 18.3. The van der Waals surface area contributed by atoms with Gasteiger partial charge in [0.1, 0.15) is 12.1 Å². The number of ether oxygens (including phenoxy) is 1. The molecule has 1 fully saturated rings. The van der Waals surface area contributed by atoms with Gasteiger partial charge in [0.15, 0.2) is 5.82 Å². The first kappa shape index (κ1) is 14.0. The van der Waals surface area contributed by atoms with E-state index in [2.05, 4.69) is 20.1 Å². The maximum Gasteiger partial charge on any atom is 0.203 e. The van der Waals surface area contributed by atoms with E-state index in [1.54, 1.807) is 19.6 Å². The fourth-order valence-electron chi connectivity index (χ4n) is 3.16. The molecule has 7 heteroatoms. The Morgan fingerprint density at radius 3 is 3.13 bits per heavy atom. The Kier molecular flexibility index (Phi) is 3.34. The third-order valence-corrected chi connectivity index (χ3v) is 4.23. The number of methoxy groups -OCH3 is 1. The predicted octanol–water partition coefficient (Wildman–Crippen LogP) is 1.45. The van der Waals surface area contributed by atoms with Crippen LogP contribution in [0.25, 0.3) is 5.65 Å². The lowest BCUT2D eigenvalue weighted by Crippen LogP contribution is -2.26. The number of aliphatic hydroxyl groups excluding tert-OH is 1. The average Bonchev–Trinajstić information content (AvgIpc) is 3.21. The van der Waals surface area contributed by atoms with Gasteiger partial charge in [0.25, 0.3) is 0 Å². The summed E-state index contributed by atoms with van der Waals surface area (Å²) in [5.74, 6) is 1.53. The largest absolute Gasteiger partial charge is 0.497 e. The summed E-state index contributed by atoms with van der Waals surface area (Å²) in [6.07, 6.45) is 5.42. The lowest BCUT2D eigenvalue weighted by molar-refractivity contribution is 0.194. The fourth-order valence-corrected chi connectivity index (χ4v) is 3.16. The van der Waals surface area contributed by atoms with Gasteiger partial charge in [0.05, 0.1) is 19.3 Å². The van der Waals surface area contributed by atoms with Crippen molar-refractivity contribution in [3.05, 3.63) is 48.5 Å². The van der Waals surface area contributed by atoms with Crippen LogP contribution >= 0.6 is 0 Å². The van der Waals surface area contributed by atoms with Crippen molar-refractivity contribution < 1.29 is 9.84 Å². The van der Waals surface area contributed by atoms with E-state index in [1.165, 1.54) is 0 Å². The first-order chi connectivity index (χ1) is 11.3. The maximum absolute atomic E-state index is 10.2. The number of fused-ring (bicyclic) bond motifs is 1. The van der Waals surface area contributed by atoms with Crippen LogP contribution in [-0.2, 0) is 0 Å². The molecule has 4 rings (SSSR count). The van der Waals surface area contributed by atoms with E-state index < -0.39 is 6.10 Å². The van der Waals surface area contributed by atoms with Crippen molar-refractivity contribution in [3.63, 3.8) is 0 Å². The highest BCUT2D eigenvalue weighted by Crippen LogP contribution is 2.37. The molecule has 1 aromatic carbocycles. The van der Waals surface area contributed by atoms with Crippen molar-refractivity contribution in [2.75, 3.05) is 18.6 Å². The third kappa shape index (κ3) is 2.39. The molecule has 2 atom stereocenters. The lowest BCUT2D eigenvalue weighted by atomic mass is 10.0. The van der Waals surface area contributed by atoms with Crippen molar-refractivity contribution in [1.29, 1.82) is 0 Å². The third-order valence-electron chi connectivity index (χ3n) is 4.23. The Balaban J connectivity index is 1.78. The second kappa shape index (κ2) is 5.51. The van der Waals surface area contributed by atoms with Gasteiger partial charge in [-0.3, -0.25) is 4.40 Å². The van der Waals surface area contributed by atoms with Crippen LogP contribution in [0, 0.1) is 0 Å². The number of benzene rings is 1. The van der Waals surface area contributed by atoms with Crippen molar-refractivity contribution >= 4 is 11.5 Å². The number of rotatable bonds is 3. The number of anilines is 1. The average molecular weight is 311 g/mol. The van der Waals surface area contributed by atoms with E-state index in [1.807, 2.05) is 34.9 Å². The smallest absolute Gasteiger partial charge is 0.203 e. The summed E-state index contributed by atoms with van der Waals surface area (Å²) < 4.78 is 7.15. The standard InChI is InChI=1S/C16H17N5O2/c1-23-13-4-2-3-11(7-13)14-8-12(22)9-21(14)15-16-19-18-10-20(16)6-5-17-15/h2-7,10,12,14,22H,8-9H2,1H3/t12-,14+/m0/s1. The van der Waals surface area contributed by atoms with Crippen molar-refractivity contribution in [3.8, 4) is 5.75 Å². The molecule has 0 bridgehead atoms. The first-order valence-electron chi connectivity index (χ1n) is 7.49. The monoisotopic (exact) mass is 311 g/mol. The van der Waals surface area contributed by atoms with Gasteiger partial charge in [0, 0.05) is 18.9 Å². The van der Waals surface area contributed by atoms with Crippen LogP contribution in [0.5, 0.6) is 5.75 Å². The molecule has 7 nitrogen and oxygen atoms in total. The minimum absolute atomic E-state index is 0.0236. The van der Waals surface area contributed by atoms with Crippen LogP contribution in [0.3, 0.4) is 0 Å². The molecular weight excluding hydrogens is 294 g/mol. The van der Waals surface area contributed by atoms with E-state index in [4.69, 9.17) is 4.74 Å². The van der Waals surface area contributed by atoms with Gasteiger partial charge in [-0.05, 0) is 24.1 Å². The second-order valence-corrected chi connectivity index (χ2v) is 5.65. The fraction of sp³-hybridized carbons (Fsp3) is 0.312. The van der Waals surface area contributed by atoms with Gasteiger partial charge < -0.3 is 14.7 Å². The van der Waals surface area contributed by atoms with E-state index in [9.17, 15) is 5.11 Å². The van der Waals surface area contributed by atoms with Gasteiger partial charge in [-0.1, -0.05) is 12.1 Å². The maximum atomic E-state index is 10.2. The Morgan fingerprint density at radius 2 is 2.26 bits per heavy atom. The van der Waals surface area contributed by atoms with Crippen LogP contribution in [0.4, 0.5) is 5.82 Å². The van der Waals surface area contributed by atoms with Gasteiger partial charge in [-0.25, -0.2) is 4.98 Å². The Hall–Kier alpha value is -2.67. The van der Waals surface area contributed by atoms with E-state index >= 15 is 0 Å². The second-order valence-electron chi connectivity index (χ2n) is 5.65. The van der Waals surface area contributed by atoms with Crippen LogP contribution in [0.15, 0.2) is 43.0 Å². The van der Waals surface area contributed by atoms with Crippen molar-refractivity contribution in [2.45, 2.75) is 18.6 Å². The summed E-state index contributed by atoms with van der Waals surface area (Å²) in [7, 11) is 1.65. The molecule has 0 unspecified atom stereocenters. The van der Waals surface area contributed by atoms with Gasteiger partial charge in [-0.15, -0.1) is 10.2 Å². The van der Waals surface area contributed by atoms with Gasteiger partial charge in [-0.2, -0.15) is 0 Å². The zero-order chi connectivity index (χ0) is 15.8. The molecular formula is C16H17N5O2. The molecule has 0 radical (unpaired) electrons. The summed E-state index contributed by atoms with van der Waals surface area (Å²) in [5.41, 5.74) is 1.78. The van der Waals surface area contributed by atoms with E-state index in [0.29, 0.717) is 18.6 Å². The van der Waals surface area contributed by atoms with E-state index in [-0.39, 0.29) is 6.04 Å². The number of hydrogen-bond donors (Lipinski definition) is 1. The molecule has 1 aliphatic rings. The molecule has 0 amide bonds. The molecule has 2 aromatic heterocycles. The Morgan fingerprint density at radius 1 is 1.35 bits per heavy atom.